The second-order valence-corrected chi connectivity index (χ2v) is 8.13. The van der Waals surface area contributed by atoms with Gasteiger partial charge in [0.2, 0.25) is 0 Å². The van der Waals surface area contributed by atoms with Crippen molar-refractivity contribution in [3.63, 3.8) is 0 Å². The summed E-state index contributed by atoms with van der Waals surface area (Å²) in [5, 5.41) is 12.0. The maximum atomic E-state index is 10.8. The number of aryl methyl sites for hydroxylation is 2. The lowest BCUT2D eigenvalue weighted by Crippen LogP contribution is -2.52. The van der Waals surface area contributed by atoms with Crippen molar-refractivity contribution in [2.24, 2.45) is 0 Å². The van der Waals surface area contributed by atoms with Gasteiger partial charge in [0.1, 0.15) is 5.01 Å². The van der Waals surface area contributed by atoms with Crippen molar-refractivity contribution in [3.8, 4) is 0 Å². The monoisotopic (exact) mass is 309 g/mol. The van der Waals surface area contributed by atoms with Crippen LogP contribution >= 0.6 is 11.3 Å². The minimum absolute atomic E-state index is 0.557. The largest absolute Gasteiger partial charge is 0.387 e. The average Bonchev–Trinajstić information content (AvgIpc) is 2.79. The molecule has 4 nitrogen and oxygen atoms in total. The second kappa shape index (κ2) is 6.32. The molecule has 5 heteroatoms. The molecule has 0 spiro atoms. The first-order valence-corrected chi connectivity index (χ1v) is 8.93. The molecule has 21 heavy (non-hydrogen) atoms. The standard InChI is InChI=1S/C16H27N3OS/c1-18(2)11-16(20)8-5-9-19(12-16)10-15-17-13-6-3-4-7-14(13)21-15/h20H,3-12H2,1-2H3/t16-/m1/s1. The zero-order chi connectivity index (χ0) is 14.9. The number of hydrogen-bond acceptors (Lipinski definition) is 5. The number of hydrogen-bond donors (Lipinski definition) is 1. The molecule has 2 aliphatic rings. The molecule has 0 radical (unpaired) electrons. The Kier molecular flexibility index (Phi) is 4.64. The van der Waals surface area contributed by atoms with E-state index in [0.717, 1.165) is 45.4 Å². The van der Waals surface area contributed by atoms with Crippen LogP contribution in [0.5, 0.6) is 0 Å². The van der Waals surface area contributed by atoms with Gasteiger partial charge in [-0.2, -0.15) is 0 Å². The van der Waals surface area contributed by atoms with Gasteiger partial charge in [0.15, 0.2) is 0 Å². The number of aromatic nitrogens is 1. The van der Waals surface area contributed by atoms with Crippen LogP contribution in [-0.4, -0.2) is 59.2 Å². The third-order valence-electron chi connectivity index (χ3n) is 4.49. The Morgan fingerprint density at radius 1 is 1.29 bits per heavy atom. The fourth-order valence-electron chi connectivity index (χ4n) is 3.72. The molecule has 1 fully saturated rings. The van der Waals surface area contributed by atoms with Gasteiger partial charge in [-0.15, -0.1) is 11.3 Å². The molecule has 0 aromatic carbocycles. The molecule has 1 saturated heterocycles. The van der Waals surface area contributed by atoms with Crippen molar-refractivity contribution in [2.45, 2.75) is 50.7 Å². The first-order chi connectivity index (χ1) is 10.0. The Morgan fingerprint density at radius 3 is 2.86 bits per heavy atom. The number of nitrogens with zero attached hydrogens (tertiary/aromatic N) is 3. The summed E-state index contributed by atoms with van der Waals surface area (Å²) in [5.74, 6) is 0. The van der Waals surface area contributed by atoms with Crippen molar-refractivity contribution >= 4 is 11.3 Å². The molecule has 0 unspecified atom stereocenters. The molecule has 3 rings (SSSR count). The minimum Gasteiger partial charge on any atom is -0.387 e. The van der Waals surface area contributed by atoms with Crippen LogP contribution in [-0.2, 0) is 19.4 Å². The van der Waals surface area contributed by atoms with Crippen molar-refractivity contribution in [1.29, 1.82) is 0 Å². The van der Waals surface area contributed by atoms with Crippen molar-refractivity contribution in [1.82, 2.24) is 14.8 Å². The smallest absolute Gasteiger partial charge is 0.107 e. The molecular weight excluding hydrogens is 282 g/mol. The zero-order valence-electron chi connectivity index (χ0n) is 13.3. The summed E-state index contributed by atoms with van der Waals surface area (Å²) in [6.45, 7) is 3.51. The van der Waals surface area contributed by atoms with Crippen LogP contribution in [0, 0.1) is 0 Å². The van der Waals surface area contributed by atoms with Gasteiger partial charge in [0, 0.05) is 18.0 Å². The van der Waals surface area contributed by atoms with Gasteiger partial charge < -0.3 is 10.0 Å². The molecule has 0 amide bonds. The Labute approximate surface area is 131 Å². The van der Waals surface area contributed by atoms with Crippen molar-refractivity contribution in [3.05, 3.63) is 15.6 Å². The maximum absolute atomic E-state index is 10.8. The molecule has 118 valence electrons. The topological polar surface area (TPSA) is 39.6 Å². The van der Waals surface area contributed by atoms with Crippen LogP contribution < -0.4 is 0 Å². The number of rotatable bonds is 4. The highest BCUT2D eigenvalue weighted by Crippen LogP contribution is 2.29. The first kappa shape index (κ1) is 15.4. The molecule has 0 saturated carbocycles. The Bertz CT molecular complexity index is 464. The third-order valence-corrected chi connectivity index (χ3v) is 5.64. The van der Waals surface area contributed by atoms with Crippen LogP contribution in [0.1, 0.15) is 41.3 Å². The molecule has 1 aromatic heterocycles. The van der Waals surface area contributed by atoms with E-state index in [4.69, 9.17) is 4.98 Å². The van der Waals surface area contributed by atoms with Crippen molar-refractivity contribution < 1.29 is 5.11 Å². The number of piperidine rings is 1. The normalized spacial score (nSPS) is 27.0. The van der Waals surface area contributed by atoms with E-state index >= 15 is 0 Å². The molecule has 2 heterocycles. The predicted molar refractivity (Wildman–Crippen MR) is 86.8 cm³/mol. The molecule has 1 aliphatic carbocycles. The van der Waals surface area contributed by atoms with Gasteiger partial charge in [-0.05, 0) is 59.2 Å². The van der Waals surface area contributed by atoms with E-state index in [0.29, 0.717) is 0 Å². The molecule has 1 atom stereocenters. The number of thiazole rings is 1. The lowest BCUT2D eigenvalue weighted by molar-refractivity contribution is -0.0480. The molecule has 0 bridgehead atoms. The quantitative estimate of drug-likeness (QED) is 0.922. The SMILES string of the molecule is CN(C)C[C@]1(O)CCCN(Cc2nc3c(s2)CCCC3)C1. The molecule has 1 N–H and O–H groups in total. The fraction of sp³-hybridized carbons (Fsp3) is 0.812. The van der Waals surface area contributed by atoms with E-state index in [9.17, 15) is 5.11 Å². The van der Waals surface area contributed by atoms with Gasteiger partial charge >= 0.3 is 0 Å². The zero-order valence-corrected chi connectivity index (χ0v) is 14.1. The van der Waals surface area contributed by atoms with Crippen LogP contribution in [0.25, 0.3) is 0 Å². The Balaban J connectivity index is 1.63. The van der Waals surface area contributed by atoms with Crippen LogP contribution in [0.15, 0.2) is 0 Å². The van der Waals surface area contributed by atoms with Crippen LogP contribution in [0.3, 0.4) is 0 Å². The predicted octanol–water partition coefficient (Wildman–Crippen LogP) is 1.91. The number of fused-ring (bicyclic) bond motifs is 1. The maximum Gasteiger partial charge on any atom is 0.107 e. The van der Waals surface area contributed by atoms with Gasteiger partial charge in [-0.1, -0.05) is 0 Å². The molecular formula is C16H27N3OS. The molecule has 1 aromatic rings. The number of likely N-dealkylation sites (tertiary alicyclic amines) is 1. The van der Waals surface area contributed by atoms with Gasteiger partial charge in [-0.3, -0.25) is 4.90 Å². The number of β-amino-alcohol motifs (C(OH)–C–C–N with tert-alkyl or cyclic N) is 1. The Hall–Kier alpha value is -0.490. The van der Waals surface area contributed by atoms with Gasteiger partial charge in [0.05, 0.1) is 17.8 Å². The fourth-order valence-corrected chi connectivity index (χ4v) is 4.92. The van der Waals surface area contributed by atoms with E-state index < -0.39 is 5.60 Å². The average molecular weight is 309 g/mol. The number of aliphatic hydroxyl groups is 1. The highest BCUT2D eigenvalue weighted by Gasteiger charge is 2.34. The van der Waals surface area contributed by atoms with Crippen LogP contribution in [0.4, 0.5) is 0 Å². The minimum atomic E-state index is -0.557. The van der Waals surface area contributed by atoms with Crippen LogP contribution in [0.2, 0.25) is 0 Å². The summed E-state index contributed by atoms with van der Waals surface area (Å²) >= 11 is 1.90. The molecule has 1 aliphatic heterocycles. The van der Waals surface area contributed by atoms with E-state index in [1.165, 1.54) is 34.8 Å². The van der Waals surface area contributed by atoms with Crippen molar-refractivity contribution in [2.75, 3.05) is 33.7 Å². The lowest BCUT2D eigenvalue weighted by Gasteiger charge is -2.40. The van der Waals surface area contributed by atoms with Gasteiger partial charge in [0.25, 0.3) is 0 Å². The third kappa shape index (κ3) is 3.83. The summed E-state index contributed by atoms with van der Waals surface area (Å²) in [4.78, 5) is 10.8. The van der Waals surface area contributed by atoms with E-state index in [1.807, 2.05) is 25.4 Å². The van der Waals surface area contributed by atoms with E-state index in [-0.39, 0.29) is 0 Å². The summed E-state index contributed by atoms with van der Waals surface area (Å²) in [5.41, 5.74) is 0.792. The highest BCUT2D eigenvalue weighted by molar-refractivity contribution is 7.11. The summed E-state index contributed by atoms with van der Waals surface area (Å²) in [6.07, 6.45) is 6.99. The Morgan fingerprint density at radius 2 is 2.10 bits per heavy atom. The lowest BCUT2D eigenvalue weighted by atomic mass is 9.92. The van der Waals surface area contributed by atoms with E-state index in [1.54, 1.807) is 0 Å². The number of likely N-dealkylation sites (N-methyl/N-ethyl adjacent to an activating group) is 1. The first-order valence-electron chi connectivity index (χ1n) is 8.11. The summed E-state index contributed by atoms with van der Waals surface area (Å²) in [7, 11) is 4.07. The second-order valence-electron chi connectivity index (χ2n) is 6.96. The summed E-state index contributed by atoms with van der Waals surface area (Å²) < 4.78 is 0. The van der Waals surface area contributed by atoms with E-state index in [2.05, 4.69) is 9.80 Å². The highest BCUT2D eigenvalue weighted by atomic mass is 32.1. The van der Waals surface area contributed by atoms with Gasteiger partial charge in [-0.25, -0.2) is 4.98 Å². The summed E-state index contributed by atoms with van der Waals surface area (Å²) in [6, 6.07) is 0.